The number of rotatable bonds is 6. The maximum atomic E-state index is 10.3. The molecule has 0 amide bonds. The second-order valence-corrected chi connectivity index (χ2v) is 2.57. The quantitative estimate of drug-likeness (QED) is 0.416. The van der Waals surface area contributed by atoms with Gasteiger partial charge in [-0.1, -0.05) is 0 Å². The smallest absolute Gasteiger partial charge is 0.150 e. The zero-order valence-electron chi connectivity index (χ0n) is 7.68. The molecule has 4 nitrogen and oxygen atoms in total. The Morgan fingerprint density at radius 2 is 1.93 bits per heavy atom. The lowest BCUT2D eigenvalue weighted by Crippen LogP contribution is -2.06. The maximum Gasteiger partial charge on any atom is 0.150 e. The number of aliphatic hydroxyl groups is 1. The van der Waals surface area contributed by atoms with Gasteiger partial charge >= 0.3 is 0 Å². The minimum absolute atomic E-state index is 0.298. The molecule has 0 saturated carbocycles. The van der Waals surface area contributed by atoms with Gasteiger partial charge in [-0.3, -0.25) is 4.79 Å². The minimum Gasteiger partial charge on any atom is -0.491 e. The van der Waals surface area contributed by atoms with Crippen LogP contribution in [0.1, 0.15) is 10.4 Å². The SMILES string of the molecule is O=Cc1ccc(OCCOCO)cc1. The molecule has 1 rings (SSSR count). The molecule has 0 bridgehead atoms. The fourth-order valence-electron chi connectivity index (χ4n) is 0.926. The average molecular weight is 196 g/mol. The number of benzene rings is 1. The second kappa shape index (κ2) is 6.12. The van der Waals surface area contributed by atoms with E-state index in [0.29, 0.717) is 24.5 Å². The summed E-state index contributed by atoms with van der Waals surface area (Å²) in [4.78, 5) is 10.3. The van der Waals surface area contributed by atoms with Crippen molar-refractivity contribution >= 4 is 6.29 Å². The lowest BCUT2D eigenvalue weighted by Gasteiger charge is -2.05. The van der Waals surface area contributed by atoms with E-state index in [9.17, 15) is 4.79 Å². The number of ether oxygens (including phenoxy) is 2. The standard InChI is InChI=1S/C10H12O4/c11-7-9-1-3-10(4-2-9)14-6-5-13-8-12/h1-4,7,12H,5-6,8H2. The van der Waals surface area contributed by atoms with Crippen LogP contribution in [0, 0.1) is 0 Å². The number of hydrogen-bond acceptors (Lipinski definition) is 4. The molecule has 0 unspecified atom stereocenters. The van der Waals surface area contributed by atoms with Gasteiger partial charge in [-0.2, -0.15) is 0 Å². The van der Waals surface area contributed by atoms with Crippen LogP contribution in [0.15, 0.2) is 24.3 Å². The second-order valence-electron chi connectivity index (χ2n) is 2.57. The summed E-state index contributed by atoms with van der Waals surface area (Å²) < 4.78 is 9.93. The van der Waals surface area contributed by atoms with E-state index < -0.39 is 0 Å². The number of aliphatic hydroxyl groups excluding tert-OH is 1. The molecule has 1 aromatic rings. The predicted octanol–water partition coefficient (Wildman–Crippen LogP) is 0.844. The zero-order chi connectivity index (χ0) is 10.2. The van der Waals surface area contributed by atoms with Crippen LogP contribution in [0.5, 0.6) is 5.75 Å². The molecule has 0 heterocycles. The molecule has 4 heteroatoms. The molecule has 14 heavy (non-hydrogen) atoms. The van der Waals surface area contributed by atoms with E-state index in [1.54, 1.807) is 24.3 Å². The van der Waals surface area contributed by atoms with Crippen LogP contribution in [0.25, 0.3) is 0 Å². The van der Waals surface area contributed by atoms with Gasteiger partial charge in [-0.25, -0.2) is 0 Å². The Morgan fingerprint density at radius 3 is 2.50 bits per heavy atom. The highest BCUT2D eigenvalue weighted by Crippen LogP contribution is 2.10. The monoisotopic (exact) mass is 196 g/mol. The Labute approximate surface area is 82.1 Å². The summed E-state index contributed by atoms with van der Waals surface area (Å²) in [6, 6.07) is 6.77. The molecule has 1 aromatic carbocycles. The van der Waals surface area contributed by atoms with Crippen LogP contribution < -0.4 is 4.74 Å². The fourth-order valence-corrected chi connectivity index (χ4v) is 0.926. The van der Waals surface area contributed by atoms with Gasteiger partial charge in [0.25, 0.3) is 0 Å². The Bertz CT molecular complexity index is 268. The lowest BCUT2D eigenvalue weighted by atomic mass is 10.2. The first-order chi connectivity index (χ1) is 6.86. The van der Waals surface area contributed by atoms with Crippen molar-refractivity contribution in [2.45, 2.75) is 0 Å². The predicted molar refractivity (Wildman–Crippen MR) is 50.4 cm³/mol. The molecule has 0 aliphatic rings. The van der Waals surface area contributed by atoms with E-state index in [1.807, 2.05) is 0 Å². The molecule has 1 N–H and O–H groups in total. The topological polar surface area (TPSA) is 55.8 Å². The molecule has 0 saturated heterocycles. The summed E-state index contributed by atoms with van der Waals surface area (Å²) in [6.07, 6.45) is 0.776. The van der Waals surface area contributed by atoms with Gasteiger partial charge in [0.15, 0.2) is 0 Å². The zero-order valence-corrected chi connectivity index (χ0v) is 7.68. The summed E-state index contributed by atoms with van der Waals surface area (Å²) in [5, 5.41) is 8.32. The highest BCUT2D eigenvalue weighted by Gasteiger charge is 1.94. The van der Waals surface area contributed by atoms with Crippen LogP contribution in [0.2, 0.25) is 0 Å². The highest BCUT2D eigenvalue weighted by molar-refractivity contribution is 5.74. The molecule has 0 fully saturated rings. The highest BCUT2D eigenvalue weighted by atomic mass is 16.6. The molecule has 0 aromatic heterocycles. The number of aldehydes is 1. The van der Waals surface area contributed by atoms with Gasteiger partial charge in [0.1, 0.15) is 25.4 Å². The van der Waals surface area contributed by atoms with Crippen molar-refractivity contribution in [1.29, 1.82) is 0 Å². The molecule has 0 spiro atoms. The minimum atomic E-state index is -0.298. The normalized spacial score (nSPS) is 9.79. The van der Waals surface area contributed by atoms with Gasteiger partial charge in [-0.05, 0) is 24.3 Å². The van der Waals surface area contributed by atoms with Crippen molar-refractivity contribution < 1.29 is 19.4 Å². The van der Waals surface area contributed by atoms with E-state index in [2.05, 4.69) is 4.74 Å². The van der Waals surface area contributed by atoms with E-state index >= 15 is 0 Å². The van der Waals surface area contributed by atoms with E-state index in [4.69, 9.17) is 9.84 Å². The van der Waals surface area contributed by atoms with Crippen LogP contribution >= 0.6 is 0 Å². The molecule has 0 aliphatic heterocycles. The fraction of sp³-hybridized carbons (Fsp3) is 0.300. The largest absolute Gasteiger partial charge is 0.491 e. The van der Waals surface area contributed by atoms with Gasteiger partial charge in [0, 0.05) is 5.56 Å². The van der Waals surface area contributed by atoms with Gasteiger partial charge in [-0.15, -0.1) is 0 Å². The Morgan fingerprint density at radius 1 is 1.21 bits per heavy atom. The van der Waals surface area contributed by atoms with E-state index in [-0.39, 0.29) is 6.79 Å². The first kappa shape index (κ1) is 10.7. The Hall–Kier alpha value is -1.39. The molecule has 76 valence electrons. The summed E-state index contributed by atoms with van der Waals surface area (Å²) in [7, 11) is 0. The Kier molecular flexibility index (Phi) is 4.68. The third-order valence-corrected chi connectivity index (χ3v) is 1.60. The third-order valence-electron chi connectivity index (χ3n) is 1.60. The molecular weight excluding hydrogens is 184 g/mol. The van der Waals surface area contributed by atoms with E-state index in [1.165, 1.54) is 0 Å². The molecule has 0 aliphatic carbocycles. The number of carbonyl (C=O) groups is 1. The van der Waals surface area contributed by atoms with Gasteiger partial charge in [0.2, 0.25) is 0 Å². The summed E-state index contributed by atoms with van der Waals surface area (Å²) in [5.41, 5.74) is 0.615. The van der Waals surface area contributed by atoms with E-state index in [0.717, 1.165) is 6.29 Å². The van der Waals surface area contributed by atoms with Crippen LogP contribution in [0.3, 0.4) is 0 Å². The number of hydrogen-bond donors (Lipinski definition) is 1. The third kappa shape index (κ3) is 3.55. The van der Waals surface area contributed by atoms with Crippen molar-refractivity contribution in [3.05, 3.63) is 29.8 Å². The van der Waals surface area contributed by atoms with Crippen LogP contribution in [-0.4, -0.2) is 31.4 Å². The average Bonchev–Trinajstić information content (AvgIpc) is 2.25. The van der Waals surface area contributed by atoms with Crippen molar-refractivity contribution in [3.63, 3.8) is 0 Å². The first-order valence-corrected chi connectivity index (χ1v) is 4.23. The lowest BCUT2D eigenvalue weighted by molar-refractivity contribution is -0.0126. The van der Waals surface area contributed by atoms with Crippen LogP contribution in [-0.2, 0) is 4.74 Å². The van der Waals surface area contributed by atoms with Crippen molar-refractivity contribution in [2.24, 2.45) is 0 Å². The molecule has 0 radical (unpaired) electrons. The van der Waals surface area contributed by atoms with Gasteiger partial charge in [0.05, 0.1) is 6.61 Å². The number of carbonyl (C=O) groups excluding carboxylic acids is 1. The van der Waals surface area contributed by atoms with Gasteiger partial charge < -0.3 is 14.6 Å². The van der Waals surface area contributed by atoms with Crippen molar-refractivity contribution in [3.8, 4) is 5.75 Å². The molecule has 0 atom stereocenters. The summed E-state index contributed by atoms with van der Waals surface area (Å²) in [5.74, 6) is 0.678. The summed E-state index contributed by atoms with van der Waals surface area (Å²) >= 11 is 0. The Balaban J connectivity index is 2.32. The first-order valence-electron chi connectivity index (χ1n) is 4.23. The van der Waals surface area contributed by atoms with Crippen molar-refractivity contribution in [2.75, 3.05) is 20.0 Å². The van der Waals surface area contributed by atoms with Crippen molar-refractivity contribution in [1.82, 2.24) is 0 Å². The maximum absolute atomic E-state index is 10.3. The van der Waals surface area contributed by atoms with Crippen LogP contribution in [0.4, 0.5) is 0 Å². The summed E-state index contributed by atoms with van der Waals surface area (Å²) in [6.45, 7) is 0.417. The molecular formula is C10H12O4.